The molecule has 270 valence electrons. The van der Waals surface area contributed by atoms with E-state index in [-0.39, 0.29) is 24.1 Å². The Labute approximate surface area is 287 Å². The molecule has 10 heteroatoms. The standard InChI is InChI=1S/C39H52F6N4/c40-38(41,42)33-19-28(20-34(21-33)39(43,44)45)9-12-48-13-10-46-25-35(48)8-4-5-11-47-14-15-49(36(26-47)32-6-2-1-3-7-32)27-37-22-29-16-30(23-37)18-31(17-29)24-37/h1-3,6-7,19-21,29-31,35-36,46H,4-5,8-18,22-27H2/t29?,30?,31?,35-,36+,37?/m0/s1. The van der Waals surface area contributed by atoms with E-state index in [0.717, 1.165) is 95.0 Å². The summed E-state index contributed by atoms with van der Waals surface area (Å²) in [6, 6.07) is 13.6. The summed E-state index contributed by atoms with van der Waals surface area (Å²) in [7, 11) is 0. The van der Waals surface area contributed by atoms with Crippen LogP contribution < -0.4 is 5.32 Å². The van der Waals surface area contributed by atoms with Crippen molar-refractivity contribution in [1.82, 2.24) is 20.0 Å². The average molecular weight is 691 g/mol. The molecule has 4 bridgehead atoms. The van der Waals surface area contributed by atoms with E-state index in [1.54, 1.807) is 0 Å². The Morgan fingerprint density at radius 3 is 2.02 bits per heavy atom. The first-order valence-corrected chi connectivity index (χ1v) is 18.7. The fraction of sp³-hybridized carbons (Fsp3) is 0.692. The summed E-state index contributed by atoms with van der Waals surface area (Å²) in [4.78, 5) is 7.71. The van der Waals surface area contributed by atoms with E-state index in [0.29, 0.717) is 18.0 Å². The Morgan fingerprint density at radius 1 is 0.735 bits per heavy atom. The van der Waals surface area contributed by atoms with Crippen LogP contribution in [0.25, 0.3) is 0 Å². The molecule has 6 aliphatic rings. The van der Waals surface area contributed by atoms with Gasteiger partial charge >= 0.3 is 12.4 Å². The molecule has 49 heavy (non-hydrogen) atoms. The van der Waals surface area contributed by atoms with Crippen molar-refractivity contribution < 1.29 is 26.3 Å². The van der Waals surface area contributed by atoms with Gasteiger partial charge in [-0.2, -0.15) is 26.3 Å². The first-order chi connectivity index (χ1) is 23.4. The second-order valence-corrected chi connectivity index (χ2v) is 16.2. The van der Waals surface area contributed by atoms with Crippen LogP contribution in [0.3, 0.4) is 0 Å². The predicted octanol–water partition coefficient (Wildman–Crippen LogP) is 8.29. The van der Waals surface area contributed by atoms with Crippen LogP contribution in [0, 0.1) is 23.2 Å². The lowest BCUT2D eigenvalue weighted by molar-refractivity contribution is -0.143. The van der Waals surface area contributed by atoms with Crippen molar-refractivity contribution in [2.45, 2.75) is 88.6 Å². The second kappa shape index (κ2) is 14.5. The van der Waals surface area contributed by atoms with Crippen molar-refractivity contribution >= 4 is 0 Å². The molecule has 2 atom stereocenters. The molecule has 6 fully saturated rings. The van der Waals surface area contributed by atoms with Crippen molar-refractivity contribution in [3.05, 3.63) is 70.8 Å². The van der Waals surface area contributed by atoms with Crippen molar-refractivity contribution in [3.8, 4) is 0 Å². The van der Waals surface area contributed by atoms with Gasteiger partial charge in [0.1, 0.15) is 0 Å². The minimum atomic E-state index is -4.82. The van der Waals surface area contributed by atoms with Crippen molar-refractivity contribution in [1.29, 1.82) is 0 Å². The summed E-state index contributed by atoms with van der Waals surface area (Å²) in [5.74, 6) is 2.88. The number of halogens is 6. The molecule has 4 saturated carbocycles. The van der Waals surface area contributed by atoms with Gasteiger partial charge in [0.15, 0.2) is 0 Å². The first-order valence-electron chi connectivity index (χ1n) is 18.7. The van der Waals surface area contributed by atoms with Gasteiger partial charge in [0.2, 0.25) is 0 Å². The molecule has 0 spiro atoms. The predicted molar refractivity (Wildman–Crippen MR) is 180 cm³/mol. The maximum Gasteiger partial charge on any atom is 0.416 e. The molecule has 2 aromatic carbocycles. The number of piperazine rings is 2. The summed E-state index contributed by atoms with van der Waals surface area (Å²) >= 11 is 0. The van der Waals surface area contributed by atoms with Gasteiger partial charge in [-0.3, -0.25) is 9.80 Å². The van der Waals surface area contributed by atoms with Crippen molar-refractivity contribution in [3.63, 3.8) is 0 Å². The molecule has 4 nitrogen and oxygen atoms in total. The van der Waals surface area contributed by atoms with Gasteiger partial charge in [-0.25, -0.2) is 0 Å². The highest BCUT2D eigenvalue weighted by Gasteiger charge is 2.52. The van der Waals surface area contributed by atoms with Gasteiger partial charge in [0.25, 0.3) is 0 Å². The van der Waals surface area contributed by atoms with E-state index in [4.69, 9.17) is 0 Å². The molecular weight excluding hydrogens is 638 g/mol. The van der Waals surface area contributed by atoms with Crippen LogP contribution in [0.15, 0.2) is 48.5 Å². The maximum atomic E-state index is 13.4. The smallest absolute Gasteiger partial charge is 0.314 e. The van der Waals surface area contributed by atoms with Crippen LogP contribution in [-0.2, 0) is 18.8 Å². The third-order valence-corrected chi connectivity index (χ3v) is 12.5. The van der Waals surface area contributed by atoms with Gasteiger partial charge < -0.3 is 10.2 Å². The van der Waals surface area contributed by atoms with Crippen LogP contribution in [0.4, 0.5) is 26.3 Å². The highest BCUT2D eigenvalue weighted by Crippen LogP contribution is 2.60. The lowest BCUT2D eigenvalue weighted by atomic mass is 9.49. The Balaban J connectivity index is 0.920. The zero-order valence-corrected chi connectivity index (χ0v) is 28.6. The summed E-state index contributed by atoms with van der Waals surface area (Å²) in [6.07, 6.45) is 2.29. The fourth-order valence-electron chi connectivity index (χ4n) is 10.7. The summed E-state index contributed by atoms with van der Waals surface area (Å²) in [6.45, 7) is 8.25. The average Bonchev–Trinajstić information content (AvgIpc) is 3.05. The lowest BCUT2D eigenvalue weighted by Crippen LogP contribution is -2.55. The van der Waals surface area contributed by atoms with Gasteiger partial charge in [-0.1, -0.05) is 36.8 Å². The number of benzene rings is 2. The minimum absolute atomic E-state index is 0.0785. The minimum Gasteiger partial charge on any atom is -0.314 e. The van der Waals surface area contributed by atoms with Crippen LogP contribution in [0.5, 0.6) is 0 Å². The highest BCUT2D eigenvalue weighted by molar-refractivity contribution is 5.34. The van der Waals surface area contributed by atoms with Crippen LogP contribution >= 0.6 is 0 Å². The number of hydrogen-bond donors (Lipinski definition) is 1. The zero-order chi connectivity index (χ0) is 34.2. The third-order valence-electron chi connectivity index (χ3n) is 12.5. The molecule has 0 amide bonds. The van der Waals surface area contributed by atoms with Gasteiger partial charge in [0.05, 0.1) is 11.1 Å². The second-order valence-electron chi connectivity index (χ2n) is 16.2. The Bertz CT molecular complexity index is 1330. The molecule has 2 heterocycles. The fourth-order valence-corrected chi connectivity index (χ4v) is 10.7. The quantitative estimate of drug-likeness (QED) is 0.189. The number of alkyl halides is 6. The summed E-state index contributed by atoms with van der Waals surface area (Å²) in [5.41, 5.74) is -0.459. The zero-order valence-electron chi connectivity index (χ0n) is 28.6. The Kier molecular flexibility index (Phi) is 10.4. The third kappa shape index (κ3) is 8.50. The van der Waals surface area contributed by atoms with Gasteiger partial charge in [0, 0.05) is 64.4 Å². The van der Waals surface area contributed by atoms with E-state index < -0.39 is 23.5 Å². The monoisotopic (exact) mass is 690 g/mol. The normalized spacial score (nSPS) is 31.4. The molecule has 0 unspecified atom stereocenters. The van der Waals surface area contributed by atoms with Crippen molar-refractivity contribution in [2.75, 3.05) is 58.9 Å². The van der Waals surface area contributed by atoms with E-state index in [1.165, 1.54) is 50.6 Å². The summed E-state index contributed by atoms with van der Waals surface area (Å²) in [5, 5.41) is 3.44. The SMILES string of the molecule is FC(F)(F)c1cc(CCN2CCNC[C@@H]2CCCCN2CCN(CC34CC5CC(CC(C5)C3)C4)[C@@H](c3ccccc3)C2)cc(C(F)(F)F)c1. The number of rotatable bonds is 11. The van der Waals surface area contributed by atoms with Gasteiger partial charge in [-0.15, -0.1) is 0 Å². The number of hydrogen-bond acceptors (Lipinski definition) is 4. The van der Waals surface area contributed by atoms with E-state index in [1.807, 2.05) is 0 Å². The molecule has 4 aliphatic carbocycles. The molecule has 0 radical (unpaired) electrons. The van der Waals surface area contributed by atoms with E-state index in [2.05, 4.69) is 50.3 Å². The van der Waals surface area contributed by atoms with Crippen molar-refractivity contribution in [2.24, 2.45) is 23.2 Å². The van der Waals surface area contributed by atoms with Crippen LogP contribution in [-0.4, -0.2) is 79.6 Å². The van der Waals surface area contributed by atoms with Gasteiger partial charge in [-0.05, 0) is 117 Å². The molecule has 2 saturated heterocycles. The Morgan fingerprint density at radius 2 is 1.39 bits per heavy atom. The molecule has 1 N–H and O–H groups in total. The largest absolute Gasteiger partial charge is 0.416 e. The summed E-state index contributed by atoms with van der Waals surface area (Å²) < 4.78 is 80.3. The number of nitrogens with one attached hydrogen (secondary N) is 1. The first kappa shape index (κ1) is 35.3. The molecule has 8 rings (SSSR count). The lowest BCUT2D eigenvalue weighted by Gasteiger charge is -2.59. The molecule has 2 aliphatic heterocycles. The Hall–Kier alpha value is -2.14. The molecule has 0 aromatic heterocycles. The van der Waals surface area contributed by atoms with Crippen LogP contribution in [0.1, 0.15) is 86.1 Å². The van der Waals surface area contributed by atoms with Crippen LogP contribution in [0.2, 0.25) is 0 Å². The number of nitrogens with zero attached hydrogens (tertiary/aromatic N) is 3. The molecule has 2 aromatic rings. The topological polar surface area (TPSA) is 21.8 Å². The highest BCUT2D eigenvalue weighted by atomic mass is 19.4. The number of unbranched alkanes of at least 4 members (excludes halogenated alkanes) is 1. The van der Waals surface area contributed by atoms with E-state index in [9.17, 15) is 26.3 Å². The molecular formula is C39H52F6N4. The van der Waals surface area contributed by atoms with E-state index >= 15 is 0 Å². The maximum absolute atomic E-state index is 13.4.